The molecule has 1 aliphatic rings. The molecule has 1 aliphatic heterocycles. The molecule has 1 amide bonds. The molecule has 0 spiro atoms. The lowest BCUT2D eigenvalue weighted by Gasteiger charge is -2.31. The number of rotatable bonds is 3. The van der Waals surface area contributed by atoms with Crippen LogP contribution in [0.5, 0.6) is 0 Å². The van der Waals surface area contributed by atoms with Gasteiger partial charge in [0.25, 0.3) is 5.91 Å². The maximum atomic E-state index is 13.1. The van der Waals surface area contributed by atoms with E-state index in [1.165, 1.54) is 0 Å². The topological polar surface area (TPSA) is 76.3 Å². The molecule has 4 aromatic rings. The summed E-state index contributed by atoms with van der Waals surface area (Å²) in [4.78, 5) is 29.8. The summed E-state index contributed by atoms with van der Waals surface area (Å²) in [7, 11) is 0. The van der Waals surface area contributed by atoms with Gasteiger partial charge in [-0.05, 0) is 43.3 Å². The van der Waals surface area contributed by atoms with Crippen molar-refractivity contribution in [3.05, 3.63) is 65.3 Å². The number of likely N-dealkylation sites (tertiary alicyclic amines) is 1. The Bertz CT molecular complexity index is 1140. The Labute approximate surface area is 172 Å². The zero-order valence-electron chi connectivity index (χ0n) is 16.0. The fourth-order valence-corrected chi connectivity index (χ4v) is 4.48. The normalized spacial score (nSPS) is 17.0. The first-order chi connectivity index (χ1) is 14.2. The molecule has 0 aromatic carbocycles. The number of aryl methyl sites for hydroxylation is 1. The third kappa shape index (κ3) is 3.51. The van der Waals surface area contributed by atoms with Gasteiger partial charge in [0, 0.05) is 43.2 Å². The van der Waals surface area contributed by atoms with Gasteiger partial charge in [-0.3, -0.25) is 4.79 Å². The van der Waals surface area contributed by atoms with Crippen molar-refractivity contribution in [1.29, 1.82) is 0 Å². The minimum absolute atomic E-state index is 0.0636. The summed E-state index contributed by atoms with van der Waals surface area (Å²) in [5, 5.41) is 6.43. The largest absolute Gasteiger partial charge is 0.337 e. The molecule has 1 atom stereocenters. The average molecular weight is 404 g/mol. The number of amides is 1. The molecular formula is C21H20N6OS. The van der Waals surface area contributed by atoms with Crippen molar-refractivity contribution in [1.82, 2.24) is 29.5 Å². The Hall–Kier alpha value is -3.13. The quantitative estimate of drug-likeness (QED) is 0.522. The van der Waals surface area contributed by atoms with Crippen LogP contribution in [0.15, 0.2) is 48.1 Å². The number of fused-ring (bicyclic) bond motifs is 1. The molecule has 1 fully saturated rings. The maximum absolute atomic E-state index is 13.1. The Morgan fingerprint density at radius 2 is 2.17 bits per heavy atom. The second-order valence-corrected chi connectivity index (χ2v) is 8.22. The number of carbonyl (C=O) groups is 1. The van der Waals surface area contributed by atoms with Crippen LogP contribution in [-0.4, -0.2) is 48.5 Å². The first-order valence-corrected chi connectivity index (χ1v) is 10.5. The lowest BCUT2D eigenvalue weighted by molar-refractivity contribution is 0.0698. The van der Waals surface area contributed by atoms with Crippen LogP contribution in [0.3, 0.4) is 0 Å². The highest BCUT2D eigenvalue weighted by Crippen LogP contribution is 2.29. The molecule has 1 saturated heterocycles. The second-order valence-electron chi connectivity index (χ2n) is 7.27. The summed E-state index contributed by atoms with van der Waals surface area (Å²) in [5.74, 6) is 0.885. The summed E-state index contributed by atoms with van der Waals surface area (Å²) in [6, 6.07) is 9.66. The molecule has 0 saturated carbocycles. The number of piperidine rings is 1. The number of hydrogen-bond acceptors (Lipinski definition) is 6. The van der Waals surface area contributed by atoms with E-state index >= 15 is 0 Å². The third-order valence-electron chi connectivity index (χ3n) is 5.17. The number of carbonyl (C=O) groups excluding carboxylic acids is 1. The number of hydrogen-bond donors (Lipinski definition) is 0. The molecule has 0 bridgehead atoms. The van der Waals surface area contributed by atoms with Crippen molar-refractivity contribution in [2.24, 2.45) is 0 Å². The molecule has 4 aromatic heterocycles. The van der Waals surface area contributed by atoms with E-state index in [2.05, 4.69) is 21.5 Å². The van der Waals surface area contributed by atoms with E-state index in [-0.39, 0.29) is 11.8 Å². The summed E-state index contributed by atoms with van der Waals surface area (Å²) in [5.41, 5.74) is 3.01. The molecule has 1 unspecified atom stereocenters. The molecule has 7 nitrogen and oxygen atoms in total. The Morgan fingerprint density at radius 1 is 1.24 bits per heavy atom. The van der Waals surface area contributed by atoms with Crippen LogP contribution >= 0.6 is 11.3 Å². The van der Waals surface area contributed by atoms with Gasteiger partial charge in [0.15, 0.2) is 11.3 Å². The average Bonchev–Trinajstić information content (AvgIpc) is 3.43. The van der Waals surface area contributed by atoms with E-state index in [1.807, 2.05) is 24.0 Å². The van der Waals surface area contributed by atoms with Crippen LogP contribution in [0.1, 0.15) is 40.8 Å². The van der Waals surface area contributed by atoms with Crippen molar-refractivity contribution in [3.63, 3.8) is 0 Å². The summed E-state index contributed by atoms with van der Waals surface area (Å²) in [6.45, 7) is 3.32. The fourth-order valence-electron chi connectivity index (χ4n) is 3.79. The Morgan fingerprint density at radius 3 is 3.00 bits per heavy atom. The van der Waals surface area contributed by atoms with Crippen molar-refractivity contribution in [2.45, 2.75) is 25.7 Å². The zero-order valence-corrected chi connectivity index (χ0v) is 16.8. The van der Waals surface area contributed by atoms with Crippen LogP contribution in [0.25, 0.3) is 16.2 Å². The van der Waals surface area contributed by atoms with Gasteiger partial charge >= 0.3 is 0 Å². The maximum Gasteiger partial charge on any atom is 0.274 e. The summed E-state index contributed by atoms with van der Waals surface area (Å²) < 4.78 is 1.63. The van der Waals surface area contributed by atoms with Gasteiger partial charge in [0.1, 0.15) is 5.82 Å². The third-order valence-corrected chi connectivity index (χ3v) is 6.07. The van der Waals surface area contributed by atoms with Gasteiger partial charge in [-0.2, -0.15) is 5.10 Å². The van der Waals surface area contributed by atoms with Crippen LogP contribution in [0.4, 0.5) is 0 Å². The highest BCUT2D eigenvalue weighted by molar-refractivity contribution is 7.13. The minimum atomic E-state index is -0.0636. The van der Waals surface area contributed by atoms with E-state index in [0.717, 1.165) is 41.5 Å². The SMILES string of the molecule is Cc1cc(-c2cccs2)nc(C2CCCN(C(=O)c3cc4ncccn4n3)C2)n1. The summed E-state index contributed by atoms with van der Waals surface area (Å²) in [6.07, 6.45) is 5.39. The predicted octanol–water partition coefficient (Wildman–Crippen LogP) is 3.58. The lowest BCUT2D eigenvalue weighted by Crippen LogP contribution is -2.39. The van der Waals surface area contributed by atoms with E-state index < -0.39 is 0 Å². The van der Waals surface area contributed by atoms with E-state index in [1.54, 1.807) is 40.4 Å². The Kier molecular flexibility index (Phi) is 4.55. The van der Waals surface area contributed by atoms with E-state index in [9.17, 15) is 4.79 Å². The van der Waals surface area contributed by atoms with E-state index in [4.69, 9.17) is 9.97 Å². The van der Waals surface area contributed by atoms with Crippen LogP contribution in [0.2, 0.25) is 0 Å². The number of nitrogens with zero attached hydrogens (tertiary/aromatic N) is 6. The Balaban J connectivity index is 1.40. The van der Waals surface area contributed by atoms with Crippen molar-refractivity contribution in [3.8, 4) is 10.6 Å². The van der Waals surface area contributed by atoms with Gasteiger partial charge < -0.3 is 4.90 Å². The van der Waals surface area contributed by atoms with Gasteiger partial charge in [-0.1, -0.05) is 6.07 Å². The zero-order chi connectivity index (χ0) is 19.8. The second kappa shape index (κ2) is 7.36. The van der Waals surface area contributed by atoms with Crippen LogP contribution < -0.4 is 0 Å². The number of aromatic nitrogens is 5. The smallest absolute Gasteiger partial charge is 0.274 e. The number of thiophene rings is 1. The first-order valence-electron chi connectivity index (χ1n) is 9.66. The van der Waals surface area contributed by atoms with Crippen molar-refractivity contribution < 1.29 is 4.79 Å². The molecule has 0 aliphatic carbocycles. The summed E-state index contributed by atoms with van der Waals surface area (Å²) >= 11 is 1.67. The molecule has 0 radical (unpaired) electrons. The van der Waals surface area contributed by atoms with Gasteiger partial charge in [-0.25, -0.2) is 19.5 Å². The van der Waals surface area contributed by atoms with Crippen LogP contribution in [0, 0.1) is 6.92 Å². The molecule has 29 heavy (non-hydrogen) atoms. The highest BCUT2D eigenvalue weighted by atomic mass is 32.1. The minimum Gasteiger partial charge on any atom is -0.337 e. The molecule has 5 rings (SSSR count). The molecular weight excluding hydrogens is 384 g/mol. The molecule has 5 heterocycles. The lowest BCUT2D eigenvalue weighted by atomic mass is 9.96. The molecule has 146 valence electrons. The molecule has 0 N–H and O–H groups in total. The van der Waals surface area contributed by atoms with Crippen molar-refractivity contribution in [2.75, 3.05) is 13.1 Å². The van der Waals surface area contributed by atoms with Gasteiger partial charge in [0.05, 0.1) is 10.6 Å². The van der Waals surface area contributed by atoms with E-state index in [0.29, 0.717) is 17.9 Å². The monoisotopic (exact) mass is 404 g/mol. The first kappa shape index (κ1) is 17.9. The van der Waals surface area contributed by atoms with Gasteiger partial charge in [-0.15, -0.1) is 11.3 Å². The van der Waals surface area contributed by atoms with Crippen molar-refractivity contribution >= 4 is 22.9 Å². The van der Waals surface area contributed by atoms with Crippen LogP contribution in [-0.2, 0) is 0 Å². The predicted molar refractivity (Wildman–Crippen MR) is 111 cm³/mol. The molecule has 8 heteroatoms. The fraction of sp³-hybridized carbons (Fsp3) is 0.286. The standard InChI is InChI=1S/C21H20N6OS/c1-14-11-16(18-6-3-10-29-18)24-20(23-14)15-5-2-8-26(13-15)21(28)17-12-19-22-7-4-9-27(19)25-17/h3-4,6-7,9-12,15H,2,5,8,13H2,1H3. The highest BCUT2D eigenvalue weighted by Gasteiger charge is 2.29. The van der Waals surface area contributed by atoms with Gasteiger partial charge in [0.2, 0.25) is 0 Å².